The molecule has 2 rings (SSSR count). The summed E-state index contributed by atoms with van der Waals surface area (Å²) in [4.78, 5) is 20.9. The van der Waals surface area contributed by atoms with Crippen LogP contribution in [0.2, 0.25) is 0 Å². The van der Waals surface area contributed by atoms with E-state index < -0.39 is 12.1 Å². The van der Waals surface area contributed by atoms with E-state index in [-0.39, 0.29) is 17.9 Å². The zero-order valence-electron chi connectivity index (χ0n) is 13.0. The highest BCUT2D eigenvalue weighted by Crippen LogP contribution is 2.24. The lowest BCUT2D eigenvalue weighted by atomic mass is 10.1. The number of carboxylic acid groups (broad SMARTS) is 1. The van der Waals surface area contributed by atoms with E-state index in [1.807, 2.05) is 25.1 Å². The average molecular weight is 308 g/mol. The van der Waals surface area contributed by atoms with Gasteiger partial charge in [0.25, 0.3) is 5.97 Å². The molecule has 1 aromatic rings. The molecule has 1 aliphatic carbocycles. The van der Waals surface area contributed by atoms with Gasteiger partial charge >= 0.3 is 0 Å². The minimum atomic E-state index is -0.833. The Balaban J connectivity index is 0.000000541. The smallest absolute Gasteiger partial charge is 0.300 e. The number of hydrogen-bond donors (Lipinski definition) is 4. The Morgan fingerprint density at radius 1 is 1.36 bits per heavy atom. The molecule has 0 unspecified atom stereocenters. The molecule has 0 saturated heterocycles. The number of aliphatic hydroxyl groups is 1. The first-order valence-corrected chi connectivity index (χ1v) is 7.26. The third-order valence-corrected chi connectivity index (χ3v) is 3.50. The van der Waals surface area contributed by atoms with E-state index in [0.717, 1.165) is 12.5 Å². The van der Waals surface area contributed by atoms with E-state index in [1.54, 1.807) is 0 Å². The number of aliphatic hydroxyl groups excluding tert-OH is 1. The van der Waals surface area contributed by atoms with Crippen LogP contribution in [0.1, 0.15) is 30.9 Å². The number of carboxylic acids is 1. The van der Waals surface area contributed by atoms with Crippen molar-refractivity contribution in [3.63, 3.8) is 0 Å². The van der Waals surface area contributed by atoms with Crippen molar-refractivity contribution in [2.24, 2.45) is 11.7 Å². The van der Waals surface area contributed by atoms with Crippen LogP contribution in [0.25, 0.3) is 0 Å². The zero-order chi connectivity index (χ0) is 16.7. The standard InChI is InChI=1S/C14H20N2O2.C2H4O2/c1-9-3-2-4-10(5-9)8-16-14(18)11-6-12(15)13(17)7-11;1-2(3)4/h2-5,11-13,17H,6-8,15H2,1H3,(H,16,18);1H3,(H,3,4)/t11-,12+,13+;/m0./s1. The second-order valence-corrected chi connectivity index (χ2v) is 5.63. The first-order valence-electron chi connectivity index (χ1n) is 7.26. The SMILES string of the molecule is CC(=O)O.Cc1cccc(CNC(=O)[C@H]2C[C@@H](N)[C@H](O)C2)c1. The minimum Gasteiger partial charge on any atom is -0.481 e. The third-order valence-electron chi connectivity index (χ3n) is 3.50. The molecule has 0 aromatic heterocycles. The van der Waals surface area contributed by atoms with Crippen LogP contribution >= 0.6 is 0 Å². The lowest BCUT2D eigenvalue weighted by Gasteiger charge is -2.10. The van der Waals surface area contributed by atoms with E-state index >= 15 is 0 Å². The highest BCUT2D eigenvalue weighted by molar-refractivity contribution is 5.79. The molecule has 1 amide bonds. The molecule has 1 aliphatic rings. The molecule has 6 heteroatoms. The van der Waals surface area contributed by atoms with Crippen molar-refractivity contribution in [3.8, 4) is 0 Å². The van der Waals surface area contributed by atoms with E-state index in [9.17, 15) is 9.90 Å². The highest BCUT2D eigenvalue weighted by atomic mass is 16.4. The van der Waals surface area contributed by atoms with Gasteiger partial charge in [-0.3, -0.25) is 9.59 Å². The van der Waals surface area contributed by atoms with Gasteiger partial charge in [-0.2, -0.15) is 0 Å². The fourth-order valence-corrected chi connectivity index (χ4v) is 2.42. The molecule has 0 radical (unpaired) electrons. The Morgan fingerprint density at radius 3 is 2.50 bits per heavy atom. The first kappa shape index (κ1) is 18.1. The molecule has 0 aliphatic heterocycles. The summed E-state index contributed by atoms with van der Waals surface area (Å²) in [5.74, 6) is -0.997. The number of carbonyl (C=O) groups is 2. The predicted octanol–water partition coefficient (Wildman–Crippen LogP) is 0.800. The van der Waals surface area contributed by atoms with E-state index in [4.69, 9.17) is 15.6 Å². The topological polar surface area (TPSA) is 113 Å². The van der Waals surface area contributed by atoms with Gasteiger partial charge in [-0.05, 0) is 25.3 Å². The van der Waals surface area contributed by atoms with Crippen molar-refractivity contribution in [2.75, 3.05) is 0 Å². The van der Waals surface area contributed by atoms with E-state index in [0.29, 0.717) is 19.4 Å². The second-order valence-electron chi connectivity index (χ2n) is 5.63. The maximum Gasteiger partial charge on any atom is 0.300 e. The maximum absolute atomic E-state index is 11.9. The Bertz CT molecular complexity index is 505. The molecule has 0 heterocycles. The second kappa shape index (κ2) is 8.51. The molecule has 5 N–H and O–H groups in total. The number of rotatable bonds is 3. The van der Waals surface area contributed by atoms with Crippen molar-refractivity contribution in [2.45, 2.75) is 45.4 Å². The fourth-order valence-electron chi connectivity index (χ4n) is 2.42. The lowest BCUT2D eigenvalue weighted by Crippen LogP contribution is -2.30. The number of amides is 1. The Labute approximate surface area is 130 Å². The minimum absolute atomic E-state index is 0.0106. The summed E-state index contributed by atoms with van der Waals surface area (Å²) in [6.07, 6.45) is 0.501. The molecule has 1 fully saturated rings. The molecule has 1 aromatic carbocycles. The molecule has 122 valence electrons. The molecule has 3 atom stereocenters. The number of aryl methyl sites for hydroxylation is 1. The summed E-state index contributed by atoms with van der Waals surface area (Å²) in [5.41, 5.74) is 7.97. The Hall–Kier alpha value is -1.92. The van der Waals surface area contributed by atoms with Gasteiger partial charge in [-0.15, -0.1) is 0 Å². The number of aliphatic carboxylic acids is 1. The summed E-state index contributed by atoms with van der Waals surface area (Å²) in [5, 5.41) is 19.9. The number of nitrogens with two attached hydrogens (primary N) is 1. The van der Waals surface area contributed by atoms with Gasteiger partial charge in [0, 0.05) is 25.4 Å². The summed E-state index contributed by atoms with van der Waals surface area (Å²) >= 11 is 0. The molecule has 0 spiro atoms. The third kappa shape index (κ3) is 6.24. The van der Waals surface area contributed by atoms with Gasteiger partial charge in [-0.1, -0.05) is 29.8 Å². The van der Waals surface area contributed by atoms with E-state index in [2.05, 4.69) is 11.4 Å². The van der Waals surface area contributed by atoms with Gasteiger partial charge in [-0.25, -0.2) is 0 Å². The largest absolute Gasteiger partial charge is 0.481 e. The van der Waals surface area contributed by atoms with Crippen LogP contribution < -0.4 is 11.1 Å². The number of nitrogens with one attached hydrogen (secondary N) is 1. The quantitative estimate of drug-likeness (QED) is 0.660. The number of hydrogen-bond acceptors (Lipinski definition) is 4. The summed E-state index contributed by atoms with van der Waals surface area (Å²) in [6, 6.07) is 7.78. The summed E-state index contributed by atoms with van der Waals surface area (Å²) in [6.45, 7) is 3.64. The zero-order valence-corrected chi connectivity index (χ0v) is 13.0. The molecule has 1 saturated carbocycles. The maximum atomic E-state index is 11.9. The number of carbonyl (C=O) groups excluding carboxylic acids is 1. The average Bonchev–Trinajstić information content (AvgIpc) is 2.76. The van der Waals surface area contributed by atoms with Crippen LogP contribution in [0, 0.1) is 12.8 Å². The first-order chi connectivity index (χ1) is 10.3. The molecule has 22 heavy (non-hydrogen) atoms. The van der Waals surface area contributed by atoms with Crippen LogP contribution in [0.4, 0.5) is 0 Å². The van der Waals surface area contributed by atoms with E-state index in [1.165, 1.54) is 5.56 Å². The monoisotopic (exact) mass is 308 g/mol. The van der Waals surface area contributed by atoms with Gasteiger partial charge in [0.2, 0.25) is 5.91 Å². The molecule has 0 bridgehead atoms. The number of benzene rings is 1. The van der Waals surface area contributed by atoms with Crippen LogP contribution in [0.5, 0.6) is 0 Å². The van der Waals surface area contributed by atoms with Crippen molar-refractivity contribution in [3.05, 3.63) is 35.4 Å². The Kier molecular flexibility index (Phi) is 7.01. The van der Waals surface area contributed by atoms with Gasteiger partial charge < -0.3 is 21.3 Å². The van der Waals surface area contributed by atoms with Crippen molar-refractivity contribution >= 4 is 11.9 Å². The molecule has 6 nitrogen and oxygen atoms in total. The molecular formula is C16H24N2O4. The predicted molar refractivity (Wildman–Crippen MR) is 83.0 cm³/mol. The van der Waals surface area contributed by atoms with Crippen molar-refractivity contribution < 1.29 is 19.8 Å². The Morgan fingerprint density at radius 2 is 2.00 bits per heavy atom. The van der Waals surface area contributed by atoms with Gasteiger partial charge in [0.15, 0.2) is 0 Å². The summed E-state index contributed by atoms with van der Waals surface area (Å²) in [7, 11) is 0. The lowest BCUT2D eigenvalue weighted by molar-refractivity contribution is -0.134. The normalized spacial score (nSPS) is 23.4. The van der Waals surface area contributed by atoms with Crippen LogP contribution in [-0.2, 0) is 16.1 Å². The molecular weight excluding hydrogens is 284 g/mol. The van der Waals surface area contributed by atoms with Crippen LogP contribution in [0.15, 0.2) is 24.3 Å². The van der Waals surface area contributed by atoms with Crippen molar-refractivity contribution in [1.82, 2.24) is 5.32 Å². The van der Waals surface area contributed by atoms with Crippen molar-refractivity contribution in [1.29, 1.82) is 0 Å². The summed E-state index contributed by atoms with van der Waals surface area (Å²) < 4.78 is 0. The fraction of sp³-hybridized carbons (Fsp3) is 0.500. The van der Waals surface area contributed by atoms with Gasteiger partial charge in [0.1, 0.15) is 0 Å². The van der Waals surface area contributed by atoms with Crippen LogP contribution in [-0.4, -0.2) is 34.2 Å². The highest BCUT2D eigenvalue weighted by Gasteiger charge is 2.34. The van der Waals surface area contributed by atoms with Crippen LogP contribution in [0.3, 0.4) is 0 Å². The van der Waals surface area contributed by atoms with Gasteiger partial charge in [0.05, 0.1) is 6.10 Å².